The molecule has 0 aliphatic carbocycles. The lowest BCUT2D eigenvalue weighted by Crippen LogP contribution is -2.14. The van der Waals surface area contributed by atoms with E-state index in [9.17, 15) is 13.2 Å². The highest BCUT2D eigenvalue weighted by atomic mass is 35.5. The molecule has 0 spiro atoms. The van der Waals surface area contributed by atoms with Crippen molar-refractivity contribution < 1.29 is 13.2 Å². The maximum absolute atomic E-state index is 12.2. The molecule has 0 bridgehead atoms. The zero-order valence-corrected chi connectivity index (χ0v) is 13.3. The molecule has 21 heavy (non-hydrogen) atoms. The zero-order chi connectivity index (χ0) is 15.6. The van der Waals surface area contributed by atoms with Crippen molar-refractivity contribution in [2.45, 2.75) is 4.90 Å². The average Bonchev–Trinajstić information content (AvgIpc) is 2.37. The summed E-state index contributed by atoms with van der Waals surface area (Å²) in [5.74, 6) is -0.490. The largest absolute Gasteiger partial charge is 0.321 e. The number of para-hydroxylation sites is 1. The summed E-state index contributed by atoms with van der Waals surface area (Å²) >= 11 is 11.7. The highest BCUT2D eigenvalue weighted by Crippen LogP contribution is 2.23. The predicted octanol–water partition coefficient (Wildman–Crippen LogP) is 3.65. The highest BCUT2D eigenvalue weighted by Gasteiger charge is 2.15. The Balaban J connectivity index is 2.37. The van der Waals surface area contributed by atoms with Crippen molar-refractivity contribution in [2.75, 3.05) is 11.6 Å². The molecule has 7 heteroatoms. The monoisotopic (exact) mass is 343 g/mol. The Labute approximate surface area is 132 Å². The summed E-state index contributed by atoms with van der Waals surface area (Å²) in [5.41, 5.74) is 0.455. The van der Waals surface area contributed by atoms with Crippen LogP contribution in [0.2, 0.25) is 10.0 Å². The SMILES string of the molecule is CS(=O)(=O)c1ccccc1NC(=O)c1cc(Cl)cc(Cl)c1. The Kier molecular flexibility index (Phi) is 4.56. The number of anilines is 1. The maximum Gasteiger partial charge on any atom is 0.255 e. The molecule has 0 aliphatic rings. The summed E-state index contributed by atoms with van der Waals surface area (Å²) in [6, 6.07) is 10.6. The summed E-state index contributed by atoms with van der Waals surface area (Å²) < 4.78 is 23.4. The minimum absolute atomic E-state index is 0.0477. The zero-order valence-electron chi connectivity index (χ0n) is 10.9. The van der Waals surface area contributed by atoms with Gasteiger partial charge in [0.25, 0.3) is 5.91 Å². The molecule has 1 amide bonds. The average molecular weight is 344 g/mol. The van der Waals surface area contributed by atoms with Crippen molar-refractivity contribution in [1.82, 2.24) is 0 Å². The summed E-state index contributed by atoms with van der Waals surface area (Å²) in [6.45, 7) is 0. The maximum atomic E-state index is 12.2. The first-order chi connectivity index (χ1) is 9.77. The van der Waals surface area contributed by atoms with Gasteiger partial charge in [-0.25, -0.2) is 8.42 Å². The van der Waals surface area contributed by atoms with Crippen molar-refractivity contribution in [3.8, 4) is 0 Å². The third-order valence-corrected chi connectivity index (χ3v) is 4.25. The second-order valence-corrected chi connectivity index (χ2v) is 7.24. The molecule has 2 aromatic carbocycles. The van der Waals surface area contributed by atoms with Crippen LogP contribution in [0.5, 0.6) is 0 Å². The summed E-state index contributed by atoms with van der Waals surface area (Å²) in [5, 5.41) is 3.20. The number of benzene rings is 2. The molecular weight excluding hydrogens is 333 g/mol. The van der Waals surface area contributed by atoms with Gasteiger partial charge in [-0.05, 0) is 30.3 Å². The van der Waals surface area contributed by atoms with E-state index in [1.807, 2.05) is 0 Å². The van der Waals surface area contributed by atoms with Crippen LogP contribution in [0.4, 0.5) is 5.69 Å². The molecule has 1 N–H and O–H groups in total. The molecule has 0 atom stereocenters. The van der Waals surface area contributed by atoms with Gasteiger partial charge >= 0.3 is 0 Å². The summed E-state index contributed by atoms with van der Waals surface area (Å²) in [7, 11) is -3.44. The number of hydrogen-bond donors (Lipinski definition) is 1. The second kappa shape index (κ2) is 6.05. The molecule has 0 unspecified atom stereocenters. The Morgan fingerprint density at radius 2 is 1.62 bits per heavy atom. The van der Waals surface area contributed by atoms with E-state index in [1.54, 1.807) is 12.1 Å². The number of nitrogens with one attached hydrogen (secondary N) is 1. The molecule has 4 nitrogen and oxygen atoms in total. The predicted molar refractivity (Wildman–Crippen MR) is 84.0 cm³/mol. The molecule has 0 heterocycles. The number of amides is 1. The Morgan fingerprint density at radius 3 is 2.19 bits per heavy atom. The van der Waals surface area contributed by atoms with Crippen LogP contribution in [0.3, 0.4) is 0 Å². The lowest BCUT2D eigenvalue weighted by atomic mass is 10.2. The van der Waals surface area contributed by atoms with E-state index in [1.165, 1.54) is 30.3 Å². The van der Waals surface area contributed by atoms with Crippen LogP contribution in [0.1, 0.15) is 10.4 Å². The Morgan fingerprint density at radius 1 is 1.05 bits per heavy atom. The van der Waals surface area contributed by atoms with Crippen LogP contribution >= 0.6 is 23.2 Å². The first-order valence-electron chi connectivity index (χ1n) is 5.84. The molecule has 0 aliphatic heterocycles. The molecule has 2 rings (SSSR count). The van der Waals surface area contributed by atoms with Crippen molar-refractivity contribution in [3.63, 3.8) is 0 Å². The van der Waals surface area contributed by atoms with E-state index >= 15 is 0 Å². The van der Waals surface area contributed by atoms with Gasteiger partial charge in [0.05, 0.1) is 10.6 Å². The smallest absolute Gasteiger partial charge is 0.255 e. The number of rotatable bonds is 3. The lowest BCUT2D eigenvalue weighted by molar-refractivity contribution is 0.102. The number of carbonyl (C=O) groups excluding carboxylic acids is 1. The second-order valence-electron chi connectivity index (χ2n) is 4.38. The molecule has 0 fully saturated rings. The topological polar surface area (TPSA) is 63.2 Å². The van der Waals surface area contributed by atoms with Gasteiger partial charge in [0.1, 0.15) is 0 Å². The van der Waals surface area contributed by atoms with Gasteiger partial charge in [0.15, 0.2) is 9.84 Å². The lowest BCUT2D eigenvalue weighted by Gasteiger charge is -2.10. The van der Waals surface area contributed by atoms with E-state index in [0.29, 0.717) is 10.0 Å². The Hall–Kier alpha value is -1.56. The first kappa shape index (κ1) is 15.8. The first-order valence-corrected chi connectivity index (χ1v) is 8.48. The van der Waals surface area contributed by atoms with Crippen molar-refractivity contribution >= 4 is 44.6 Å². The minimum atomic E-state index is -3.44. The van der Waals surface area contributed by atoms with Crippen LogP contribution < -0.4 is 5.32 Å². The van der Waals surface area contributed by atoms with Gasteiger partial charge in [-0.3, -0.25) is 4.79 Å². The Bertz CT molecular complexity index is 783. The van der Waals surface area contributed by atoms with E-state index < -0.39 is 15.7 Å². The third kappa shape index (κ3) is 3.97. The third-order valence-electron chi connectivity index (χ3n) is 2.66. The molecule has 0 radical (unpaired) electrons. The fourth-order valence-corrected chi connectivity index (χ4v) is 3.14. The normalized spacial score (nSPS) is 11.2. The van der Waals surface area contributed by atoms with Gasteiger partial charge in [-0.2, -0.15) is 0 Å². The standard InChI is InChI=1S/C14H11Cl2NO3S/c1-21(19,20)13-5-3-2-4-12(13)17-14(18)9-6-10(15)8-11(16)7-9/h2-8H,1H3,(H,17,18). The molecular formula is C14H11Cl2NO3S. The van der Waals surface area contributed by atoms with Gasteiger partial charge in [-0.1, -0.05) is 35.3 Å². The molecule has 2 aromatic rings. The van der Waals surface area contributed by atoms with Crippen LogP contribution in [0.25, 0.3) is 0 Å². The van der Waals surface area contributed by atoms with Crippen LogP contribution in [0.15, 0.2) is 47.4 Å². The number of sulfone groups is 1. The van der Waals surface area contributed by atoms with Gasteiger partial charge < -0.3 is 5.32 Å². The number of halogens is 2. The van der Waals surface area contributed by atoms with E-state index in [4.69, 9.17) is 23.2 Å². The fourth-order valence-electron chi connectivity index (χ4n) is 1.77. The van der Waals surface area contributed by atoms with Crippen molar-refractivity contribution in [3.05, 3.63) is 58.1 Å². The molecule has 0 aromatic heterocycles. The molecule has 0 saturated carbocycles. The van der Waals surface area contributed by atoms with E-state index in [2.05, 4.69) is 5.32 Å². The minimum Gasteiger partial charge on any atom is -0.321 e. The van der Waals surface area contributed by atoms with Crippen LogP contribution in [-0.2, 0) is 9.84 Å². The van der Waals surface area contributed by atoms with Crippen molar-refractivity contribution in [2.24, 2.45) is 0 Å². The van der Waals surface area contributed by atoms with E-state index in [-0.39, 0.29) is 16.1 Å². The summed E-state index contributed by atoms with van der Waals surface area (Å²) in [6.07, 6.45) is 1.08. The summed E-state index contributed by atoms with van der Waals surface area (Å²) in [4.78, 5) is 12.2. The van der Waals surface area contributed by atoms with Gasteiger partial charge in [0, 0.05) is 21.9 Å². The van der Waals surface area contributed by atoms with Crippen molar-refractivity contribution in [1.29, 1.82) is 0 Å². The fraction of sp³-hybridized carbons (Fsp3) is 0.0714. The number of carbonyl (C=O) groups is 1. The highest BCUT2D eigenvalue weighted by molar-refractivity contribution is 7.90. The molecule has 110 valence electrons. The number of hydrogen-bond acceptors (Lipinski definition) is 3. The van der Waals surface area contributed by atoms with Crippen LogP contribution in [-0.4, -0.2) is 20.6 Å². The molecule has 0 saturated heterocycles. The van der Waals surface area contributed by atoms with E-state index in [0.717, 1.165) is 6.26 Å². The van der Waals surface area contributed by atoms with Crippen LogP contribution in [0, 0.1) is 0 Å². The van der Waals surface area contributed by atoms with Gasteiger partial charge in [0.2, 0.25) is 0 Å². The quantitative estimate of drug-likeness (QED) is 0.924. The van der Waals surface area contributed by atoms with Gasteiger partial charge in [-0.15, -0.1) is 0 Å².